The van der Waals surface area contributed by atoms with E-state index >= 15 is 0 Å². The molecule has 1 rings (SSSR count). The fraction of sp³-hybridized carbons (Fsp3) is 0.385. The van der Waals surface area contributed by atoms with Gasteiger partial charge in [-0.25, -0.2) is 0 Å². The summed E-state index contributed by atoms with van der Waals surface area (Å²) in [6.07, 6.45) is 3.45. The molecule has 0 spiro atoms. The van der Waals surface area contributed by atoms with Crippen molar-refractivity contribution in [2.75, 3.05) is 20.8 Å². The number of hydrogen-bond acceptors (Lipinski definition) is 3. The summed E-state index contributed by atoms with van der Waals surface area (Å²) < 4.78 is 6.47. The van der Waals surface area contributed by atoms with Gasteiger partial charge >= 0.3 is 0 Å². The van der Waals surface area contributed by atoms with Crippen molar-refractivity contribution in [2.45, 2.75) is 13.5 Å². The number of nitrogens with one attached hydrogen (secondary N) is 1. The zero-order valence-corrected chi connectivity index (χ0v) is 10.9. The maximum absolute atomic E-state index is 11.6. The van der Waals surface area contributed by atoms with E-state index in [1.165, 1.54) is 16.7 Å². The fourth-order valence-electron chi connectivity index (χ4n) is 1.49. The molecule has 1 heterocycles. The highest BCUT2D eigenvalue weighted by atomic mass is 16.5. The Morgan fingerprint density at radius 1 is 1.50 bits per heavy atom. The van der Waals surface area contributed by atoms with Crippen LogP contribution in [0.2, 0.25) is 0 Å². The quantitative estimate of drug-likeness (QED) is 0.786. The Kier molecular flexibility index (Phi) is 5.32. The minimum Gasteiger partial charge on any atom is -0.380 e. The predicted molar refractivity (Wildman–Crippen MR) is 69.7 cm³/mol. The minimum atomic E-state index is -0.207. The highest BCUT2D eigenvalue weighted by molar-refractivity contribution is 5.93. The number of allylic oxidation sites excluding steroid dienone is 1. The van der Waals surface area contributed by atoms with E-state index in [2.05, 4.69) is 5.32 Å². The van der Waals surface area contributed by atoms with E-state index in [4.69, 9.17) is 4.74 Å². The number of carbonyl (C=O) groups is 1. The van der Waals surface area contributed by atoms with Crippen molar-refractivity contribution in [3.05, 3.63) is 45.9 Å². The second-order valence-electron chi connectivity index (χ2n) is 3.97. The topological polar surface area (TPSA) is 60.3 Å². The molecule has 0 unspecified atom stereocenters. The van der Waals surface area contributed by atoms with Gasteiger partial charge in [0.05, 0.1) is 12.2 Å². The third-order valence-electron chi connectivity index (χ3n) is 2.48. The summed E-state index contributed by atoms with van der Waals surface area (Å²) in [5.41, 5.74) is 1.37. The first-order valence-corrected chi connectivity index (χ1v) is 5.65. The fourth-order valence-corrected chi connectivity index (χ4v) is 1.49. The monoisotopic (exact) mass is 250 g/mol. The number of amides is 1. The number of aromatic nitrogens is 1. The number of carbonyl (C=O) groups excluding carboxylic acids is 1. The van der Waals surface area contributed by atoms with Crippen LogP contribution in [0.5, 0.6) is 0 Å². The van der Waals surface area contributed by atoms with E-state index in [9.17, 15) is 9.59 Å². The molecular weight excluding hydrogens is 232 g/mol. The largest absolute Gasteiger partial charge is 0.380 e. The van der Waals surface area contributed by atoms with Gasteiger partial charge in [0.1, 0.15) is 0 Å². The van der Waals surface area contributed by atoms with Crippen LogP contribution in [0.15, 0.2) is 34.8 Å². The molecule has 1 aromatic rings. The van der Waals surface area contributed by atoms with Crippen LogP contribution in [0.4, 0.5) is 0 Å². The second kappa shape index (κ2) is 6.76. The Morgan fingerprint density at radius 3 is 2.83 bits per heavy atom. The first-order chi connectivity index (χ1) is 8.58. The first kappa shape index (κ1) is 14.2. The van der Waals surface area contributed by atoms with Gasteiger partial charge in [0.2, 0.25) is 0 Å². The Labute approximate surface area is 106 Å². The third-order valence-corrected chi connectivity index (χ3v) is 2.48. The molecule has 1 aromatic heterocycles. The minimum absolute atomic E-state index is 0.135. The summed E-state index contributed by atoms with van der Waals surface area (Å²) in [7, 11) is 3.18. The lowest BCUT2D eigenvalue weighted by Crippen LogP contribution is -2.23. The molecule has 0 radical (unpaired) electrons. The number of rotatable bonds is 5. The number of ether oxygens (including phenoxy) is 1. The van der Waals surface area contributed by atoms with Gasteiger partial charge in [0.25, 0.3) is 11.5 Å². The Balaban J connectivity index is 2.91. The molecular formula is C13H18N2O3. The molecule has 0 atom stereocenters. The van der Waals surface area contributed by atoms with Crippen molar-refractivity contribution in [2.24, 2.45) is 0 Å². The zero-order valence-electron chi connectivity index (χ0n) is 10.9. The molecule has 98 valence electrons. The molecule has 0 aromatic carbocycles. The highest BCUT2D eigenvalue weighted by Gasteiger charge is 2.04. The average molecular weight is 250 g/mol. The molecule has 1 N–H and O–H groups in total. The predicted octanol–water partition coefficient (Wildman–Crippen LogP) is 0.801. The molecule has 0 aliphatic rings. The van der Waals surface area contributed by atoms with Crippen LogP contribution >= 0.6 is 0 Å². The van der Waals surface area contributed by atoms with Crippen LogP contribution in [0.25, 0.3) is 0 Å². The standard InChI is InChI=1S/C13H18N2O3/c1-10(9-18-3)6-7-15-8-11(13(17)14-2)4-5-12(15)16/h4-6,8H,7,9H2,1-3H3,(H,14,17). The Bertz CT molecular complexity index is 503. The highest BCUT2D eigenvalue weighted by Crippen LogP contribution is 1.98. The normalized spacial score (nSPS) is 11.4. The van der Waals surface area contributed by atoms with E-state index in [0.717, 1.165) is 5.57 Å². The van der Waals surface area contributed by atoms with Crippen molar-refractivity contribution in [3.8, 4) is 0 Å². The van der Waals surface area contributed by atoms with Gasteiger partial charge < -0.3 is 14.6 Å². The van der Waals surface area contributed by atoms with E-state index in [1.54, 1.807) is 20.4 Å². The molecule has 5 nitrogen and oxygen atoms in total. The van der Waals surface area contributed by atoms with Crippen LogP contribution in [0.3, 0.4) is 0 Å². The van der Waals surface area contributed by atoms with Gasteiger partial charge in [0.15, 0.2) is 0 Å². The Hall–Kier alpha value is -1.88. The van der Waals surface area contributed by atoms with Crippen molar-refractivity contribution in [3.63, 3.8) is 0 Å². The lowest BCUT2D eigenvalue weighted by molar-refractivity contribution is 0.0962. The molecule has 5 heteroatoms. The van der Waals surface area contributed by atoms with Crippen molar-refractivity contribution in [1.29, 1.82) is 0 Å². The maximum atomic E-state index is 11.6. The molecule has 0 saturated heterocycles. The smallest absolute Gasteiger partial charge is 0.252 e. The summed E-state index contributed by atoms with van der Waals surface area (Å²) in [4.78, 5) is 23.1. The van der Waals surface area contributed by atoms with E-state index < -0.39 is 0 Å². The zero-order chi connectivity index (χ0) is 13.5. The molecule has 18 heavy (non-hydrogen) atoms. The molecule has 1 amide bonds. The maximum Gasteiger partial charge on any atom is 0.252 e. The summed E-state index contributed by atoms with van der Waals surface area (Å²) in [6.45, 7) is 2.89. The summed E-state index contributed by atoms with van der Waals surface area (Å²) in [6, 6.07) is 2.91. The summed E-state index contributed by atoms with van der Waals surface area (Å²) in [5.74, 6) is -0.207. The van der Waals surface area contributed by atoms with E-state index in [0.29, 0.717) is 18.7 Å². The third kappa shape index (κ3) is 3.85. The number of nitrogens with zero attached hydrogens (tertiary/aromatic N) is 1. The van der Waals surface area contributed by atoms with Crippen LogP contribution in [-0.4, -0.2) is 31.2 Å². The average Bonchev–Trinajstić information content (AvgIpc) is 2.37. The van der Waals surface area contributed by atoms with Crippen LogP contribution < -0.4 is 10.9 Å². The van der Waals surface area contributed by atoms with Gasteiger partial charge in [-0.1, -0.05) is 11.6 Å². The van der Waals surface area contributed by atoms with Gasteiger partial charge in [-0.05, 0) is 13.0 Å². The van der Waals surface area contributed by atoms with Crippen LogP contribution in [0.1, 0.15) is 17.3 Å². The van der Waals surface area contributed by atoms with Gasteiger partial charge in [-0.2, -0.15) is 0 Å². The van der Waals surface area contributed by atoms with Crippen LogP contribution in [0, 0.1) is 0 Å². The number of hydrogen-bond donors (Lipinski definition) is 1. The molecule has 0 aliphatic carbocycles. The second-order valence-corrected chi connectivity index (χ2v) is 3.97. The Morgan fingerprint density at radius 2 is 2.22 bits per heavy atom. The molecule has 0 saturated carbocycles. The lowest BCUT2D eigenvalue weighted by atomic mass is 10.2. The molecule has 0 bridgehead atoms. The van der Waals surface area contributed by atoms with E-state index in [1.807, 2.05) is 13.0 Å². The molecule has 0 fully saturated rings. The van der Waals surface area contributed by atoms with Gasteiger partial charge in [-0.15, -0.1) is 0 Å². The SMILES string of the molecule is CNC(=O)c1ccc(=O)n(CC=C(C)COC)c1. The van der Waals surface area contributed by atoms with Gasteiger partial charge in [-0.3, -0.25) is 9.59 Å². The summed E-state index contributed by atoms with van der Waals surface area (Å²) in [5, 5.41) is 2.52. The molecule has 0 aliphatic heterocycles. The van der Waals surface area contributed by atoms with Gasteiger partial charge in [0, 0.05) is 33.0 Å². The van der Waals surface area contributed by atoms with Crippen molar-refractivity contribution >= 4 is 5.91 Å². The van der Waals surface area contributed by atoms with Crippen LogP contribution in [-0.2, 0) is 11.3 Å². The van der Waals surface area contributed by atoms with E-state index in [-0.39, 0.29) is 11.5 Å². The number of pyridine rings is 1. The summed E-state index contributed by atoms with van der Waals surface area (Å²) >= 11 is 0. The first-order valence-electron chi connectivity index (χ1n) is 5.65. The number of methoxy groups -OCH3 is 1. The van der Waals surface area contributed by atoms with Crippen molar-refractivity contribution < 1.29 is 9.53 Å². The van der Waals surface area contributed by atoms with Crippen molar-refractivity contribution in [1.82, 2.24) is 9.88 Å². The lowest BCUT2D eigenvalue weighted by Gasteiger charge is -2.06.